The lowest BCUT2D eigenvalue weighted by molar-refractivity contribution is 0.0993. The average Bonchev–Trinajstić information content (AvgIpc) is 3.28. The molecule has 0 aromatic heterocycles. The maximum absolute atomic E-state index is 13.2. The molecule has 3 unspecified atom stereocenters. The molecule has 0 spiro atoms. The fourth-order valence-electron chi connectivity index (χ4n) is 5.66. The molecule has 2 aliphatic rings. The fraction of sp³-hybridized carbons (Fsp3) is 0.276. The number of anilines is 2. The van der Waals surface area contributed by atoms with E-state index in [0.717, 1.165) is 23.4 Å². The molecule has 3 aromatic rings. The first kappa shape index (κ1) is 20.6. The lowest BCUT2D eigenvalue weighted by atomic mass is 9.74. The molecule has 0 fully saturated rings. The lowest BCUT2D eigenvalue weighted by Gasteiger charge is -2.39. The summed E-state index contributed by atoms with van der Waals surface area (Å²) in [5.41, 5.74) is 9.44. The van der Waals surface area contributed by atoms with Gasteiger partial charge in [-0.2, -0.15) is 0 Å². The number of rotatable bonds is 3. The molecule has 3 heteroatoms. The van der Waals surface area contributed by atoms with E-state index in [1.165, 1.54) is 27.8 Å². The summed E-state index contributed by atoms with van der Waals surface area (Å²) < 4.78 is 0. The average molecular weight is 423 g/mol. The van der Waals surface area contributed by atoms with Crippen molar-refractivity contribution in [1.29, 1.82) is 0 Å². The van der Waals surface area contributed by atoms with Crippen LogP contribution >= 0.6 is 0 Å². The van der Waals surface area contributed by atoms with Crippen LogP contribution < -0.4 is 10.2 Å². The second-order valence-electron chi connectivity index (χ2n) is 9.29. The van der Waals surface area contributed by atoms with Crippen LogP contribution in [0.2, 0.25) is 0 Å². The van der Waals surface area contributed by atoms with Crippen LogP contribution in [0, 0.1) is 26.7 Å². The molecule has 5 rings (SSSR count). The summed E-state index contributed by atoms with van der Waals surface area (Å²) in [5, 5.41) is 3.85. The van der Waals surface area contributed by atoms with Crippen LogP contribution in [0.5, 0.6) is 0 Å². The minimum atomic E-state index is 0.0184. The summed E-state index contributed by atoms with van der Waals surface area (Å²) in [6, 6.07) is 20.8. The van der Waals surface area contributed by atoms with Crippen molar-refractivity contribution < 1.29 is 4.79 Å². The van der Waals surface area contributed by atoms with Gasteiger partial charge in [0.2, 0.25) is 0 Å². The molecule has 1 aliphatic heterocycles. The van der Waals surface area contributed by atoms with Gasteiger partial charge in [0.25, 0.3) is 5.91 Å². The van der Waals surface area contributed by atoms with Crippen molar-refractivity contribution >= 4 is 17.3 Å². The van der Waals surface area contributed by atoms with Gasteiger partial charge in [-0.15, -0.1) is 0 Å². The molecule has 0 radical (unpaired) electrons. The van der Waals surface area contributed by atoms with E-state index < -0.39 is 0 Å². The van der Waals surface area contributed by atoms with Gasteiger partial charge in [0.1, 0.15) is 0 Å². The number of nitrogens with zero attached hydrogens (tertiary/aromatic N) is 1. The van der Waals surface area contributed by atoms with Gasteiger partial charge in [0.05, 0.1) is 6.04 Å². The smallest absolute Gasteiger partial charge is 0.258 e. The SMILES string of the molecule is Cc1cc(C)c(C2Nc3ccc(C(=O)N(C)c4ccccc4)cc3C3C=CCC32)c(C)c1. The van der Waals surface area contributed by atoms with Crippen LogP contribution in [0.1, 0.15) is 56.6 Å². The third-order valence-corrected chi connectivity index (χ3v) is 7.11. The second kappa shape index (κ2) is 7.98. The standard InChI is InChI=1S/C29H30N2O/c1-18-15-19(2)27(20(3)16-18)28-24-12-8-11-23(24)25-17-21(13-14-26(25)30-28)29(32)31(4)22-9-6-5-7-10-22/h5-11,13-17,23-24,28,30H,12H2,1-4H3. The molecule has 0 saturated heterocycles. The summed E-state index contributed by atoms with van der Waals surface area (Å²) in [6.07, 6.45) is 5.70. The van der Waals surface area contributed by atoms with Gasteiger partial charge < -0.3 is 10.2 Å². The monoisotopic (exact) mass is 422 g/mol. The molecule has 3 aromatic carbocycles. The third-order valence-electron chi connectivity index (χ3n) is 7.11. The zero-order chi connectivity index (χ0) is 22.4. The maximum atomic E-state index is 13.2. The van der Waals surface area contributed by atoms with Gasteiger partial charge in [-0.05, 0) is 85.7 Å². The molecule has 1 N–H and O–H groups in total. The predicted octanol–water partition coefficient (Wildman–Crippen LogP) is 6.71. The predicted molar refractivity (Wildman–Crippen MR) is 133 cm³/mol. The first-order valence-electron chi connectivity index (χ1n) is 11.4. The molecule has 1 amide bonds. The van der Waals surface area contributed by atoms with E-state index in [1.54, 1.807) is 4.90 Å². The quantitative estimate of drug-likeness (QED) is 0.476. The summed E-state index contributed by atoms with van der Waals surface area (Å²) in [5.74, 6) is 0.802. The van der Waals surface area contributed by atoms with Crippen LogP contribution in [0.4, 0.5) is 11.4 Å². The van der Waals surface area contributed by atoms with Crippen LogP contribution in [0.15, 0.2) is 72.8 Å². The Morgan fingerprint density at radius 2 is 1.69 bits per heavy atom. The van der Waals surface area contributed by atoms with Gasteiger partial charge in [-0.25, -0.2) is 0 Å². The second-order valence-corrected chi connectivity index (χ2v) is 9.29. The molecule has 0 bridgehead atoms. The zero-order valence-electron chi connectivity index (χ0n) is 19.2. The Morgan fingerprint density at radius 3 is 2.41 bits per heavy atom. The number of fused-ring (bicyclic) bond motifs is 3. The van der Waals surface area contributed by atoms with Crippen LogP contribution in [-0.4, -0.2) is 13.0 Å². The normalized spacial score (nSPS) is 20.9. The van der Waals surface area contributed by atoms with Gasteiger partial charge in [-0.1, -0.05) is 48.0 Å². The number of aryl methyl sites for hydroxylation is 3. The minimum absolute atomic E-state index is 0.0184. The molecule has 3 atom stereocenters. The summed E-state index contributed by atoms with van der Waals surface area (Å²) in [4.78, 5) is 14.9. The Morgan fingerprint density at radius 1 is 0.969 bits per heavy atom. The van der Waals surface area contributed by atoms with Crippen molar-refractivity contribution in [2.24, 2.45) is 5.92 Å². The topological polar surface area (TPSA) is 32.3 Å². The maximum Gasteiger partial charge on any atom is 0.258 e. The molecular formula is C29H30N2O. The van der Waals surface area contributed by atoms with Crippen LogP contribution in [-0.2, 0) is 0 Å². The Bertz CT molecular complexity index is 1190. The van der Waals surface area contributed by atoms with Gasteiger partial charge >= 0.3 is 0 Å². The number of allylic oxidation sites excluding steroid dienone is 2. The molecular weight excluding hydrogens is 392 g/mol. The van der Waals surface area contributed by atoms with Gasteiger partial charge in [0.15, 0.2) is 0 Å². The number of hydrogen-bond donors (Lipinski definition) is 1. The molecule has 0 saturated carbocycles. The highest BCUT2D eigenvalue weighted by Crippen LogP contribution is 2.51. The number of nitrogens with one attached hydrogen (secondary N) is 1. The first-order chi connectivity index (χ1) is 15.4. The number of amides is 1. The molecule has 162 valence electrons. The summed E-state index contributed by atoms with van der Waals surface area (Å²) in [7, 11) is 1.84. The highest BCUT2D eigenvalue weighted by molar-refractivity contribution is 6.06. The van der Waals surface area contributed by atoms with Gasteiger partial charge in [0, 0.05) is 29.9 Å². The van der Waals surface area contributed by atoms with Crippen molar-refractivity contribution in [2.75, 3.05) is 17.3 Å². The van der Waals surface area contributed by atoms with Crippen LogP contribution in [0.3, 0.4) is 0 Å². The van der Waals surface area contributed by atoms with Crippen molar-refractivity contribution in [3.05, 3.63) is 106 Å². The van der Waals surface area contributed by atoms with Gasteiger partial charge in [-0.3, -0.25) is 4.79 Å². The van der Waals surface area contributed by atoms with Crippen molar-refractivity contribution in [3.63, 3.8) is 0 Å². The molecule has 1 heterocycles. The Labute approximate surface area is 190 Å². The first-order valence-corrected chi connectivity index (χ1v) is 11.4. The number of para-hydroxylation sites is 1. The van der Waals surface area contributed by atoms with E-state index >= 15 is 0 Å². The Hall–Kier alpha value is -3.33. The van der Waals surface area contributed by atoms with E-state index in [0.29, 0.717) is 11.8 Å². The summed E-state index contributed by atoms with van der Waals surface area (Å²) in [6.45, 7) is 6.62. The zero-order valence-corrected chi connectivity index (χ0v) is 19.2. The largest absolute Gasteiger partial charge is 0.378 e. The molecule has 32 heavy (non-hydrogen) atoms. The Balaban J connectivity index is 1.51. The Kier molecular flexibility index (Phi) is 5.13. The fourth-order valence-corrected chi connectivity index (χ4v) is 5.66. The minimum Gasteiger partial charge on any atom is -0.378 e. The highest BCUT2D eigenvalue weighted by Gasteiger charge is 2.39. The summed E-state index contributed by atoms with van der Waals surface area (Å²) >= 11 is 0. The third kappa shape index (κ3) is 3.42. The van der Waals surface area contributed by atoms with E-state index in [9.17, 15) is 4.79 Å². The number of carbonyl (C=O) groups excluding carboxylic acids is 1. The number of hydrogen-bond acceptors (Lipinski definition) is 2. The number of carbonyl (C=O) groups is 1. The van der Waals surface area contributed by atoms with E-state index in [4.69, 9.17) is 0 Å². The molecule has 1 aliphatic carbocycles. The van der Waals surface area contributed by atoms with E-state index in [-0.39, 0.29) is 11.9 Å². The van der Waals surface area contributed by atoms with E-state index in [2.05, 4.69) is 62.5 Å². The van der Waals surface area contributed by atoms with Crippen LogP contribution in [0.25, 0.3) is 0 Å². The van der Waals surface area contributed by atoms with Crippen molar-refractivity contribution in [2.45, 2.75) is 39.2 Å². The lowest BCUT2D eigenvalue weighted by Crippen LogP contribution is -2.31. The molecule has 3 nitrogen and oxygen atoms in total. The highest BCUT2D eigenvalue weighted by atomic mass is 16.2. The van der Waals surface area contributed by atoms with Crippen molar-refractivity contribution in [1.82, 2.24) is 0 Å². The van der Waals surface area contributed by atoms with Crippen molar-refractivity contribution in [3.8, 4) is 0 Å². The number of benzene rings is 3. The van der Waals surface area contributed by atoms with E-state index in [1.807, 2.05) is 43.4 Å².